The standard InChI is InChI=1S/C14H27NO2/c1-11(10-14(2,3)4)9-13(17)15-7-5-12(16)6-8-15/h11-12,16H,5-10H2,1-4H3. The molecule has 0 spiro atoms. The van der Waals surface area contributed by atoms with Gasteiger partial charge < -0.3 is 10.0 Å². The third kappa shape index (κ3) is 5.53. The number of aliphatic hydroxyl groups is 1. The lowest BCUT2D eigenvalue weighted by molar-refractivity contribution is -0.134. The van der Waals surface area contributed by atoms with Crippen molar-refractivity contribution in [2.24, 2.45) is 11.3 Å². The first-order valence-corrected chi connectivity index (χ1v) is 6.74. The number of aliphatic hydroxyl groups excluding tert-OH is 1. The van der Waals surface area contributed by atoms with Crippen molar-refractivity contribution in [3.8, 4) is 0 Å². The fraction of sp³-hybridized carbons (Fsp3) is 0.929. The molecule has 0 radical (unpaired) electrons. The Morgan fingerprint density at radius 1 is 1.35 bits per heavy atom. The number of likely N-dealkylation sites (tertiary alicyclic amines) is 1. The zero-order valence-corrected chi connectivity index (χ0v) is 11.7. The molecule has 0 aromatic heterocycles. The van der Waals surface area contributed by atoms with E-state index in [2.05, 4.69) is 27.7 Å². The van der Waals surface area contributed by atoms with Crippen molar-refractivity contribution in [1.82, 2.24) is 4.90 Å². The van der Waals surface area contributed by atoms with Crippen LogP contribution in [-0.4, -0.2) is 35.1 Å². The van der Waals surface area contributed by atoms with Gasteiger partial charge in [-0.25, -0.2) is 0 Å². The number of carbonyl (C=O) groups excluding carboxylic acids is 1. The van der Waals surface area contributed by atoms with E-state index in [-0.39, 0.29) is 17.4 Å². The van der Waals surface area contributed by atoms with Crippen LogP contribution in [0.3, 0.4) is 0 Å². The van der Waals surface area contributed by atoms with Gasteiger partial charge in [-0.15, -0.1) is 0 Å². The summed E-state index contributed by atoms with van der Waals surface area (Å²) in [7, 11) is 0. The van der Waals surface area contributed by atoms with Gasteiger partial charge >= 0.3 is 0 Å². The van der Waals surface area contributed by atoms with Gasteiger partial charge in [0.1, 0.15) is 0 Å². The maximum atomic E-state index is 12.0. The van der Waals surface area contributed by atoms with Gasteiger partial charge in [-0.2, -0.15) is 0 Å². The second kappa shape index (κ2) is 5.85. The largest absolute Gasteiger partial charge is 0.393 e. The molecular weight excluding hydrogens is 214 g/mol. The predicted octanol–water partition coefficient (Wildman–Crippen LogP) is 2.43. The van der Waals surface area contributed by atoms with Gasteiger partial charge in [0.2, 0.25) is 5.91 Å². The Morgan fingerprint density at radius 3 is 2.35 bits per heavy atom. The third-order valence-corrected chi connectivity index (χ3v) is 3.30. The van der Waals surface area contributed by atoms with Gasteiger partial charge in [0.15, 0.2) is 0 Å². The second-order valence-corrected chi connectivity index (χ2v) is 6.69. The molecular formula is C14H27NO2. The normalized spacial score (nSPS) is 20.4. The van der Waals surface area contributed by atoms with Crippen LogP contribution in [-0.2, 0) is 4.79 Å². The highest BCUT2D eigenvalue weighted by Gasteiger charge is 2.24. The van der Waals surface area contributed by atoms with E-state index in [1.807, 2.05) is 4.90 Å². The fourth-order valence-corrected chi connectivity index (χ4v) is 2.66. The van der Waals surface area contributed by atoms with E-state index in [1.165, 1.54) is 0 Å². The van der Waals surface area contributed by atoms with Crippen LogP contribution in [0.4, 0.5) is 0 Å². The molecule has 1 amide bonds. The first-order chi connectivity index (χ1) is 7.78. The number of hydrogen-bond donors (Lipinski definition) is 1. The van der Waals surface area contributed by atoms with E-state index in [9.17, 15) is 9.90 Å². The summed E-state index contributed by atoms with van der Waals surface area (Å²) in [5, 5.41) is 9.41. The van der Waals surface area contributed by atoms with Crippen molar-refractivity contribution in [2.45, 2.75) is 59.5 Å². The molecule has 1 heterocycles. The van der Waals surface area contributed by atoms with Crippen LogP contribution in [0, 0.1) is 11.3 Å². The number of piperidine rings is 1. The summed E-state index contributed by atoms with van der Waals surface area (Å²) in [6, 6.07) is 0. The highest BCUT2D eigenvalue weighted by Crippen LogP contribution is 2.26. The van der Waals surface area contributed by atoms with Crippen LogP contribution in [0.1, 0.15) is 53.4 Å². The third-order valence-electron chi connectivity index (χ3n) is 3.30. The second-order valence-electron chi connectivity index (χ2n) is 6.69. The van der Waals surface area contributed by atoms with E-state index in [1.54, 1.807) is 0 Å². The summed E-state index contributed by atoms with van der Waals surface area (Å²) in [4.78, 5) is 14.0. The average Bonchev–Trinajstić information content (AvgIpc) is 2.15. The van der Waals surface area contributed by atoms with Gasteiger partial charge in [0, 0.05) is 19.5 Å². The summed E-state index contributed by atoms with van der Waals surface area (Å²) < 4.78 is 0. The van der Waals surface area contributed by atoms with Crippen LogP contribution in [0.15, 0.2) is 0 Å². The molecule has 1 atom stereocenters. The molecule has 3 nitrogen and oxygen atoms in total. The lowest BCUT2D eigenvalue weighted by Gasteiger charge is -2.31. The fourth-order valence-electron chi connectivity index (χ4n) is 2.66. The predicted molar refractivity (Wildman–Crippen MR) is 69.7 cm³/mol. The molecule has 1 fully saturated rings. The smallest absolute Gasteiger partial charge is 0.222 e. The van der Waals surface area contributed by atoms with E-state index >= 15 is 0 Å². The molecule has 1 rings (SSSR count). The van der Waals surface area contributed by atoms with Crippen molar-refractivity contribution in [3.05, 3.63) is 0 Å². The first kappa shape index (κ1) is 14.5. The van der Waals surface area contributed by atoms with Crippen LogP contribution in [0.2, 0.25) is 0 Å². The molecule has 0 saturated carbocycles. The van der Waals surface area contributed by atoms with Crippen LogP contribution in [0.5, 0.6) is 0 Å². The minimum atomic E-state index is -0.203. The van der Waals surface area contributed by atoms with Gasteiger partial charge in [0.25, 0.3) is 0 Å². The van der Waals surface area contributed by atoms with Gasteiger partial charge in [0.05, 0.1) is 6.10 Å². The molecule has 17 heavy (non-hydrogen) atoms. The monoisotopic (exact) mass is 241 g/mol. The Bertz CT molecular complexity index is 249. The minimum absolute atomic E-state index is 0.203. The lowest BCUT2D eigenvalue weighted by atomic mass is 9.84. The lowest BCUT2D eigenvalue weighted by Crippen LogP contribution is -2.40. The zero-order valence-electron chi connectivity index (χ0n) is 11.7. The summed E-state index contributed by atoms with van der Waals surface area (Å²) in [5.74, 6) is 0.697. The molecule has 1 saturated heterocycles. The minimum Gasteiger partial charge on any atom is -0.393 e. The van der Waals surface area contributed by atoms with E-state index < -0.39 is 0 Å². The molecule has 1 unspecified atom stereocenters. The maximum Gasteiger partial charge on any atom is 0.222 e. The quantitative estimate of drug-likeness (QED) is 0.824. The van der Waals surface area contributed by atoms with Crippen molar-refractivity contribution in [3.63, 3.8) is 0 Å². The molecule has 0 aromatic rings. The number of amides is 1. The van der Waals surface area contributed by atoms with Crippen molar-refractivity contribution < 1.29 is 9.90 Å². The molecule has 0 bridgehead atoms. The van der Waals surface area contributed by atoms with Crippen molar-refractivity contribution >= 4 is 5.91 Å². The molecule has 1 aliphatic heterocycles. The van der Waals surface area contributed by atoms with Crippen LogP contribution < -0.4 is 0 Å². The van der Waals surface area contributed by atoms with E-state index in [4.69, 9.17) is 0 Å². The highest BCUT2D eigenvalue weighted by atomic mass is 16.3. The van der Waals surface area contributed by atoms with Gasteiger partial charge in [-0.1, -0.05) is 27.7 Å². The highest BCUT2D eigenvalue weighted by molar-refractivity contribution is 5.76. The first-order valence-electron chi connectivity index (χ1n) is 6.74. The number of hydrogen-bond acceptors (Lipinski definition) is 2. The number of carbonyl (C=O) groups is 1. The Hall–Kier alpha value is -0.570. The summed E-state index contributed by atoms with van der Waals surface area (Å²) in [6.07, 6.45) is 2.99. The molecule has 0 aliphatic carbocycles. The summed E-state index contributed by atoms with van der Waals surface area (Å²) in [5.41, 5.74) is 0.289. The molecule has 1 N–H and O–H groups in total. The molecule has 3 heteroatoms. The Labute approximate surface area is 105 Å². The average molecular weight is 241 g/mol. The van der Waals surface area contributed by atoms with Gasteiger partial charge in [-0.05, 0) is 30.6 Å². The van der Waals surface area contributed by atoms with Crippen molar-refractivity contribution in [2.75, 3.05) is 13.1 Å². The SMILES string of the molecule is CC(CC(=O)N1CCC(O)CC1)CC(C)(C)C. The summed E-state index contributed by atoms with van der Waals surface area (Å²) in [6.45, 7) is 10.2. The zero-order chi connectivity index (χ0) is 13.1. The Kier molecular flexibility index (Phi) is 4.99. The topological polar surface area (TPSA) is 40.5 Å². The van der Waals surface area contributed by atoms with Crippen LogP contribution in [0.25, 0.3) is 0 Å². The molecule has 0 aromatic carbocycles. The number of nitrogens with zero attached hydrogens (tertiary/aromatic N) is 1. The maximum absolute atomic E-state index is 12.0. The number of rotatable bonds is 3. The van der Waals surface area contributed by atoms with Crippen molar-refractivity contribution in [1.29, 1.82) is 0 Å². The Morgan fingerprint density at radius 2 is 1.88 bits per heavy atom. The molecule has 100 valence electrons. The molecule has 1 aliphatic rings. The van der Waals surface area contributed by atoms with Crippen LogP contribution >= 0.6 is 0 Å². The summed E-state index contributed by atoms with van der Waals surface area (Å²) >= 11 is 0. The van der Waals surface area contributed by atoms with E-state index in [0.717, 1.165) is 32.4 Å². The van der Waals surface area contributed by atoms with E-state index in [0.29, 0.717) is 12.3 Å². The Balaban J connectivity index is 2.33. The van der Waals surface area contributed by atoms with Gasteiger partial charge in [-0.3, -0.25) is 4.79 Å².